The van der Waals surface area contributed by atoms with E-state index in [9.17, 15) is 0 Å². The maximum atomic E-state index is 7.06. The van der Waals surface area contributed by atoms with Crippen molar-refractivity contribution in [3.05, 3.63) is 254 Å². The molecule has 0 N–H and O–H groups in total. The molecule has 15 aromatic rings. The second-order valence-corrected chi connectivity index (χ2v) is 23.7. The first-order valence-corrected chi connectivity index (χ1v) is 28.0. The van der Waals surface area contributed by atoms with Crippen molar-refractivity contribution in [2.75, 3.05) is 9.80 Å². The predicted molar refractivity (Wildman–Crippen MR) is 341 cm³/mol. The molecular formula is C76H58N2O3. The number of rotatable bonds is 8. The fraction of sp³-hybridized carbons (Fsp3) is 0.105. The summed E-state index contributed by atoms with van der Waals surface area (Å²) in [6.07, 6.45) is 0. The lowest BCUT2D eigenvalue weighted by molar-refractivity contribution is 0.572. The fourth-order valence-corrected chi connectivity index (χ4v) is 12.4. The Bertz CT molecular complexity index is 4620. The molecule has 0 amide bonds. The van der Waals surface area contributed by atoms with Gasteiger partial charge in [0, 0.05) is 66.2 Å². The molecule has 0 aliphatic heterocycles. The summed E-state index contributed by atoms with van der Waals surface area (Å²) >= 11 is 0. The van der Waals surface area contributed by atoms with Crippen LogP contribution in [-0.2, 0) is 10.8 Å². The number of hydrogen-bond donors (Lipinski definition) is 0. The van der Waals surface area contributed by atoms with Crippen molar-refractivity contribution in [1.29, 1.82) is 0 Å². The lowest BCUT2D eigenvalue weighted by Gasteiger charge is -2.26. The van der Waals surface area contributed by atoms with E-state index in [1.807, 2.05) is 0 Å². The van der Waals surface area contributed by atoms with Gasteiger partial charge in [0.2, 0.25) is 0 Å². The molecule has 15 rings (SSSR count). The molecule has 0 unspecified atom stereocenters. The van der Waals surface area contributed by atoms with E-state index >= 15 is 0 Å². The largest absolute Gasteiger partial charge is 0.456 e. The van der Waals surface area contributed by atoms with Crippen LogP contribution in [0.3, 0.4) is 0 Å². The Morgan fingerprint density at radius 1 is 0.259 bits per heavy atom. The lowest BCUT2D eigenvalue weighted by atomic mass is 9.86. The van der Waals surface area contributed by atoms with Gasteiger partial charge >= 0.3 is 0 Å². The lowest BCUT2D eigenvalue weighted by Crippen LogP contribution is -2.11. The molecule has 0 saturated heterocycles. The fourth-order valence-electron chi connectivity index (χ4n) is 12.4. The zero-order valence-corrected chi connectivity index (χ0v) is 46.2. The summed E-state index contributed by atoms with van der Waals surface area (Å²) in [4.78, 5) is 4.69. The Morgan fingerprint density at radius 3 is 1.01 bits per heavy atom. The average Bonchev–Trinajstić information content (AvgIpc) is 3.48. The SMILES string of the molecule is CC(C)(C)c1cccc2c1oc1c(N(c3ccc(-c4ccccc4)cc3)c3ccc4cc5oc6cc7ccc(N(c8ccc(-c9ccccc9)cc8)c8cccc9c8oc8c(C(C)(C)C)cccc89)cc7cc6c5cc4c3)cccc12. The first kappa shape index (κ1) is 48.3. The van der Waals surface area contributed by atoms with E-state index < -0.39 is 0 Å². The maximum Gasteiger partial charge on any atom is 0.159 e. The van der Waals surface area contributed by atoms with Gasteiger partial charge in [-0.1, -0.05) is 199 Å². The van der Waals surface area contributed by atoms with Gasteiger partial charge < -0.3 is 23.1 Å². The van der Waals surface area contributed by atoms with Crippen LogP contribution in [0.1, 0.15) is 52.7 Å². The minimum Gasteiger partial charge on any atom is -0.456 e. The van der Waals surface area contributed by atoms with Crippen LogP contribution in [-0.4, -0.2) is 0 Å². The second kappa shape index (κ2) is 18.4. The maximum absolute atomic E-state index is 7.06. The van der Waals surface area contributed by atoms with Crippen molar-refractivity contribution in [2.45, 2.75) is 52.4 Å². The van der Waals surface area contributed by atoms with E-state index in [0.29, 0.717) is 0 Å². The van der Waals surface area contributed by atoms with Crippen molar-refractivity contribution in [1.82, 2.24) is 0 Å². The van der Waals surface area contributed by atoms with Crippen LogP contribution in [0.5, 0.6) is 0 Å². The summed E-state index contributed by atoms with van der Waals surface area (Å²) in [5, 5.41) is 10.9. The molecule has 12 aromatic carbocycles. The van der Waals surface area contributed by atoms with Gasteiger partial charge in [-0.2, -0.15) is 0 Å². The van der Waals surface area contributed by atoms with Crippen molar-refractivity contribution in [2.24, 2.45) is 0 Å². The Labute approximate surface area is 470 Å². The van der Waals surface area contributed by atoms with Gasteiger partial charge in [0.1, 0.15) is 22.3 Å². The molecule has 390 valence electrons. The Balaban J connectivity index is 0.882. The van der Waals surface area contributed by atoms with Crippen LogP contribution in [0.4, 0.5) is 34.1 Å². The standard InChI is InChI=1S/C76H58N2O3/c1-75(2,3)65-25-13-21-59-61-23-15-27-67(73(61)80-71(59)65)77(55-35-29-49(30-36-55)47-17-9-7-10-18-47)57-39-33-51-45-69-63(43-53(51)41-57)64-44-54-42-58(40-34-52(54)46-70(64)79-69)78(56-37-31-50(32-38-56)48-19-11-8-12-20-48)68-28-16-24-62-60-22-14-26-66(76(4,5)6)72(60)81-74(62)68/h7-46H,1-6H3. The summed E-state index contributed by atoms with van der Waals surface area (Å²) < 4.78 is 20.9. The molecule has 5 nitrogen and oxygen atoms in total. The van der Waals surface area contributed by atoms with Gasteiger partial charge in [0.05, 0.1) is 11.4 Å². The molecule has 0 saturated carbocycles. The van der Waals surface area contributed by atoms with Crippen LogP contribution in [0.25, 0.3) is 110 Å². The first-order chi connectivity index (χ1) is 39.4. The molecule has 0 bridgehead atoms. The molecule has 0 radical (unpaired) electrons. The third kappa shape index (κ3) is 8.14. The number of furan rings is 3. The molecule has 0 aliphatic carbocycles. The number of hydrogen-bond acceptors (Lipinski definition) is 5. The van der Waals surface area contributed by atoms with E-state index in [0.717, 1.165) is 133 Å². The van der Waals surface area contributed by atoms with E-state index in [1.54, 1.807) is 0 Å². The molecule has 0 aliphatic rings. The highest BCUT2D eigenvalue weighted by molar-refractivity contribution is 6.16. The topological polar surface area (TPSA) is 45.9 Å². The van der Waals surface area contributed by atoms with Gasteiger partial charge in [-0.3, -0.25) is 0 Å². The molecule has 0 spiro atoms. The second-order valence-electron chi connectivity index (χ2n) is 23.7. The van der Waals surface area contributed by atoms with Gasteiger partial charge in [0.15, 0.2) is 11.2 Å². The molecule has 0 atom stereocenters. The molecule has 5 heteroatoms. The van der Waals surface area contributed by atoms with Crippen LogP contribution < -0.4 is 9.80 Å². The third-order valence-electron chi connectivity index (χ3n) is 16.4. The Morgan fingerprint density at radius 2 is 0.617 bits per heavy atom. The van der Waals surface area contributed by atoms with Gasteiger partial charge in [-0.05, 0) is 140 Å². The quantitative estimate of drug-likeness (QED) is 0.152. The van der Waals surface area contributed by atoms with E-state index in [4.69, 9.17) is 13.3 Å². The number of benzene rings is 12. The minimum absolute atomic E-state index is 0.103. The van der Waals surface area contributed by atoms with Crippen LogP contribution in [0.15, 0.2) is 256 Å². The zero-order chi connectivity index (χ0) is 54.7. The van der Waals surface area contributed by atoms with E-state index in [1.165, 1.54) is 22.3 Å². The molecule has 3 heterocycles. The van der Waals surface area contributed by atoms with Gasteiger partial charge in [-0.15, -0.1) is 0 Å². The first-order valence-electron chi connectivity index (χ1n) is 28.0. The van der Waals surface area contributed by atoms with Crippen LogP contribution >= 0.6 is 0 Å². The molecule has 3 aromatic heterocycles. The number of anilines is 6. The monoisotopic (exact) mass is 1050 g/mol. The molecular weight excluding hydrogens is 989 g/mol. The number of para-hydroxylation sites is 4. The van der Waals surface area contributed by atoms with E-state index in [-0.39, 0.29) is 10.8 Å². The average molecular weight is 1050 g/mol. The summed E-state index contributed by atoms with van der Waals surface area (Å²) in [7, 11) is 0. The van der Waals surface area contributed by atoms with Crippen molar-refractivity contribution in [3.8, 4) is 22.3 Å². The van der Waals surface area contributed by atoms with Crippen molar-refractivity contribution >= 4 is 121 Å². The molecule has 81 heavy (non-hydrogen) atoms. The number of nitrogens with zero attached hydrogens (tertiary/aromatic N) is 2. The zero-order valence-electron chi connectivity index (χ0n) is 46.2. The highest BCUT2D eigenvalue weighted by atomic mass is 16.3. The van der Waals surface area contributed by atoms with Crippen molar-refractivity contribution in [3.63, 3.8) is 0 Å². The molecule has 0 fully saturated rings. The summed E-state index contributed by atoms with van der Waals surface area (Å²) in [6.45, 7) is 13.5. The smallest absolute Gasteiger partial charge is 0.159 e. The third-order valence-corrected chi connectivity index (χ3v) is 16.4. The normalized spacial score (nSPS) is 12.3. The van der Waals surface area contributed by atoms with Crippen LogP contribution in [0, 0.1) is 0 Å². The predicted octanol–water partition coefficient (Wildman–Crippen LogP) is 22.6. The summed E-state index contributed by atoms with van der Waals surface area (Å²) in [5.74, 6) is 0. The minimum atomic E-state index is -0.103. The van der Waals surface area contributed by atoms with Crippen molar-refractivity contribution < 1.29 is 13.3 Å². The van der Waals surface area contributed by atoms with Gasteiger partial charge in [0.25, 0.3) is 0 Å². The van der Waals surface area contributed by atoms with Gasteiger partial charge in [-0.25, -0.2) is 0 Å². The number of fused-ring (bicyclic) bond motifs is 11. The highest BCUT2D eigenvalue weighted by Crippen LogP contribution is 2.48. The summed E-state index contributed by atoms with van der Waals surface area (Å²) in [5.41, 5.74) is 18.2. The summed E-state index contributed by atoms with van der Waals surface area (Å²) in [6, 6.07) is 87.5. The highest BCUT2D eigenvalue weighted by Gasteiger charge is 2.27. The Kier molecular flexibility index (Phi) is 11.0. The van der Waals surface area contributed by atoms with E-state index in [2.05, 4.69) is 294 Å². The Hall–Kier alpha value is -9.84. The van der Waals surface area contributed by atoms with Crippen LogP contribution in [0.2, 0.25) is 0 Å².